The molecule has 1 saturated heterocycles. The zero-order valence-electron chi connectivity index (χ0n) is 19.0. The van der Waals surface area contributed by atoms with Crippen LogP contribution in [0.25, 0.3) is 0 Å². The van der Waals surface area contributed by atoms with Crippen molar-refractivity contribution < 1.29 is 9.59 Å². The second-order valence-corrected chi connectivity index (χ2v) is 9.39. The number of hydrogen-bond donors (Lipinski definition) is 1. The number of amides is 2. The average Bonchev–Trinajstić information content (AvgIpc) is 3.37. The molecule has 3 aromatic rings. The smallest absolute Gasteiger partial charge is 0.256 e. The molecule has 0 spiro atoms. The zero-order valence-corrected chi connectivity index (χ0v) is 19.0. The van der Waals surface area contributed by atoms with Gasteiger partial charge in [-0.2, -0.15) is 5.10 Å². The lowest BCUT2D eigenvalue weighted by Crippen LogP contribution is -2.24. The highest BCUT2D eigenvalue weighted by atomic mass is 16.2. The molecular formula is C26H30N4O2. The van der Waals surface area contributed by atoms with Crippen molar-refractivity contribution in [1.82, 2.24) is 14.7 Å². The van der Waals surface area contributed by atoms with Gasteiger partial charge in [0.15, 0.2) is 0 Å². The summed E-state index contributed by atoms with van der Waals surface area (Å²) in [5, 5.41) is 7.35. The van der Waals surface area contributed by atoms with Gasteiger partial charge in [0.25, 0.3) is 5.91 Å². The van der Waals surface area contributed by atoms with E-state index in [2.05, 4.69) is 55.5 Å². The molecule has 2 heterocycles. The van der Waals surface area contributed by atoms with E-state index in [-0.39, 0.29) is 17.2 Å². The number of carbonyl (C=O) groups excluding carboxylic acids is 2. The van der Waals surface area contributed by atoms with Crippen LogP contribution in [0.1, 0.15) is 60.7 Å². The quantitative estimate of drug-likeness (QED) is 0.621. The van der Waals surface area contributed by atoms with Gasteiger partial charge >= 0.3 is 0 Å². The molecule has 0 radical (unpaired) electrons. The number of nitrogens with one attached hydrogen (secondary N) is 1. The standard InChI is InChI=1S/C26H30N4O2/c1-26(2,3)22-11-9-19(10-12-22)18-30-23(13-14-27-30)28-25(32)21-7-4-6-20(16-21)17-29-15-5-8-24(29)31/h4,6-7,9-14,16H,5,8,15,17-18H2,1-3H3,(H,28,32). The van der Waals surface area contributed by atoms with E-state index in [1.807, 2.05) is 23.1 Å². The van der Waals surface area contributed by atoms with Crippen LogP contribution < -0.4 is 5.32 Å². The Morgan fingerprint density at radius 3 is 2.50 bits per heavy atom. The van der Waals surface area contributed by atoms with E-state index in [1.165, 1.54) is 5.56 Å². The van der Waals surface area contributed by atoms with Crippen molar-refractivity contribution in [2.24, 2.45) is 0 Å². The van der Waals surface area contributed by atoms with E-state index in [0.29, 0.717) is 30.9 Å². The van der Waals surface area contributed by atoms with Crippen LogP contribution in [0, 0.1) is 0 Å². The molecule has 0 bridgehead atoms. The third-order valence-electron chi connectivity index (χ3n) is 5.84. The zero-order chi connectivity index (χ0) is 22.7. The van der Waals surface area contributed by atoms with Crippen LogP contribution >= 0.6 is 0 Å². The van der Waals surface area contributed by atoms with E-state index in [9.17, 15) is 9.59 Å². The summed E-state index contributed by atoms with van der Waals surface area (Å²) in [5.41, 5.74) is 4.04. The van der Waals surface area contributed by atoms with Gasteiger partial charge in [-0.25, -0.2) is 4.68 Å². The molecule has 32 heavy (non-hydrogen) atoms. The molecule has 0 atom stereocenters. The molecule has 1 aliphatic rings. The predicted octanol–water partition coefficient (Wildman–Crippen LogP) is 4.60. The molecule has 0 unspecified atom stereocenters. The molecule has 1 N–H and O–H groups in total. The topological polar surface area (TPSA) is 67.2 Å². The molecule has 2 aromatic carbocycles. The highest BCUT2D eigenvalue weighted by Crippen LogP contribution is 2.23. The highest BCUT2D eigenvalue weighted by Gasteiger charge is 2.20. The SMILES string of the molecule is CC(C)(C)c1ccc(Cn2nccc2NC(=O)c2cccc(CN3CCCC3=O)c2)cc1. The first-order valence-corrected chi connectivity index (χ1v) is 11.1. The minimum atomic E-state index is -0.190. The summed E-state index contributed by atoms with van der Waals surface area (Å²) in [5.74, 6) is 0.638. The summed E-state index contributed by atoms with van der Waals surface area (Å²) in [4.78, 5) is 26.6. The van der Waals surface area contributed by atoms with Gasteiger partial charge in [0.1, 0.15) is 5.82 Å². The average molecular weight is 431 g/mol. The normalized spacial score (nSPS) is 14.1. The maximum absolute atomic E-state index is 12.9. The number of nitrogens with zero attached hydrogens (tertiary/aromatic N) is 3. The van der Waals surface area contributed by atoms with E-state index in [0.717, 1.165) is 24.1 Å². The Labute approximate surface area is 189 Å². The fourth-order valence-electron chi connectivity index (χ4n) is 3.94. The Balaban J connectivity index is 1.43. The lowest BCUT2D eigenvalue weighted by molar-refractivity contribution is -0.128. The van der Waals surface area contributed by atoms with Gasteiger partial charge in [-0.1, -0.05) is 57.2 Å². The second-order valence-electron chi connectivity index (χ2n) is 9.39. The summed E-state index contributed by atoms with van der Waals surface area (Å²) >= 11 is 0. The van der Waals surface area contributed by atoms with Crippen LogP contribution in [-0.4, -0.2) is 33.0 Å². The molecule has 1 aliphatic heterocycles. The number of hydrogen-bond acceptors (Lipinski definition) is 3. The highest BCUT2D eigenvalue weighted by molar-refractivity contribution is 6.03. The van der Waals surface area contributed by atoms with Gasteiger partial charge in [0, 0.05) is 31.1 Å². The Morgan fingerprint density at radius 1 is 1.03 bits per heavy atom. The third kappa shape index (κ3) is 5.07. The first-order valence-electron chi connectivity index (χ1n) is 11.1. The molecular weight excluding hydrogens is 400 g/mol. The maximum Gasteiger partial charge on any atom is 0.256 e. The van der Waals surface area contributed by atoms with Crippen molar-refractivity contribution in [2.75, 3.05) is 11.9 Å². The van der Waals surface area contributed by atoms with Crippen molar-refractivity contribution >= 4 is 17.6 Å². The van der Waals surface area contributed by atoms with Crippen LogP contribution in [0.15, 0.2) is 60.8 Å². The summed E-state index contributed by atoms with van der Waals surface area (Å²) in [6.07, 6.45) is 3.21. The molecule has 166 valence electrons. The lowest BCUT2D eigenvalue weighted by Gasteiger charge is -2.19. The van der Waals surface area contributed by atoms with Crippen molar-refractivity contribution in [3.05, 3.63) is 83.0 Å². The number of aromatic nitrogens is 2. The van der Waals surface area contributed by atoms with Crippen molar-refractivity contribution in [3.63, 3.8) is 0 Å². The number of anilines is 1. The maximum atomic E-state index is 12.9. The molecule has 2 amide bonds. The summed E-state index contributed by atoms with van der Waals surface area (Å²) in [6.45, 7) is 8.49. The van der Waals surface area contributed by atoms with E-state index in [4.69, 9.17) is 0 Å². The van der Waals surface area contributed by atoms with Crippen LogP contribution in [-0.2, 0) is 23.3 Å². The Kier molecular flexibility index (Phi) is 6.12. The van der Waals surface area contributed by atoms with Gasteiger partial charge in [-0.05, 0) is 40.7 Å². The van der Waals surface area contributed by atoms with Crippen LogP contribution in [0.4, 0.5) is 5.82 Å². The Hall–Kier alpha value is -3.41. The first-order chi connectivity index (χ1) is 15.3. The number of rotatable bonds is 6. The second kappa shape index (κ2) is 8.99. The van der Waals surface area contributed by atoms with E-state index < -0.39 is 0 Å². The van der Waals surface area contributed by atoms with Crippen LogP contribution in [0.5, 0.6) is 0 Å². The summed E-state index contributed by atoms with van der Waals surface area (Å²) < 4.78 is 1.79. The van der Waals surface area contributed by atoms with Gasteiger partial charge in [-0.3, -0.25) is 9.59 Å². The molecule has 4 rings (SSSR count). The molecule has 6 heteroatoms. The molecule has 0 aliphatic carbocycles. The Bertz CT molecular complexity index is 1110. The first kappa shape index (κ1) is 21.8. The van der Waals surface area contributed by atoms with Crippen LogP contribution in [0.2, 0.25) is 0 Å². The van der Waals surface area contributed by atoms with Gasteiger partial charge in [-0.15, -0.1) is 0 Å². The number of benzene rings is 2. The van der Waals surface area contributed by atoms with Gasteiger partial charge in [0.2, 0.25) is 5.91 Å². The monoisotopic (exact) mass is 430 g/mol. The van der Waals surface area contributed by atoms with E-state index in [1.54, 1.807) is 23.0 Å². The largest absolute Gasteiger partial charge is 0.338 e. The third-order valence-corrected chi connectivity index (χ3v) is 5.84. The van der Waals surface area contributed by atoms with Crippen LogP contribution in [0.3, 0.4) is 0 Å². The van der Waals surface area contributed by atoms with Crippen molar-refractivity contribution in [1.29, 1.82) is 0 Å². The van der Waals surface area contributed by atoms with E-state index >= 15 is 0 Å². The fraction of sp³-hybridized carbons (Fsp3) is 0.346. The number of likely N-dealkylation sites (tertiary alicyclic amines) is 1. The molecule has 1 fully saturated rings. The minimum absolute atomic E-state index is 0.111. The van der Waals surface area contributed by atoms with Gasteiger partial charge in [0.05, 0.1) is 12.7 Å². The minimum Gasteiger partial charge on any atom is -0.338 e. The van der Waals surface area contributed by atoms with Gasteiger partial charge < -0.3 is 10.2 Å². The summed E-state index contributed by atoms with van der Waals surface area (Å²) in [6, 6.07) is 17.8. The van der Waals surface area contributed by atoms with Crippen molar-refractivity contribution in [2.45, 2.75) is 52.1 Å². The Morgan fingerprint density at radius 2 is 1.81 bits per heavy atom. The lowest BCUT2D eigenvalue weighted by atomic mass is 9.87. The molecule has 6 nitrogen and oxygen atoms in total. The predicted molar refractivity (Wildman–Crippen MR) is 126 cm³/mol. The van der Waals surface area contributed by atoms with Crippen molar-refractivity contribution in [3.8, 4) is 0 Å². The number of carbonyl (C=O) groups is 2. The molecule has 0 saturated carbocycles. The summed E-state index contributed by atoms with van der Waals surface area (Å²) in [7, 11) is 0. The fourth-order valence-corrected chi connectivity index (χ4v) is 3.94. The molecule has 1 aromatic heterocycles.